The van der Waals surface area contributed by atoms with Crippen LogP contribution in [-0.4, -0.2) is 37.9 Å². The van der Waals surface area contributed by atoms with Crippen LogP contribution in [0.5, 0.6) is 0 Å². The highest BCUT2D eigenvalue weighted by atomic mass is 16.2. The largest absolute Gasteiger partial charge is 0.344 e. The molecule has 0 saturated carbocycles. The molecule has 4 heterocycles. The van der Waals surface area contributed by atoms with Gasteiger partial charge in [-0.3, -0.25) is 9.78 Å². The van der Waals surface area contributed by atoms with Crippen LogP contribution in [0.25, 0.3) is 17.0 Å². The van der Waals surface area contributed by atoms with Crippen molar-refractivity contribution < 1.29 is 10.2 Å². The SMILES string of the molecule is Cc1ccc(C2=C(C(=O)NC3CCn4nc(-c5ccccc5)nc4C3)[NH2+]N=C2)nc1. The molecule has 0 spiro atoms. The molecule has 0 radical (unpaired) electrons. The van der Waals surface area contributed by atoms with E-state index in [1.54, 1.807) is 17.8 Å². The fourth-order valence-electron chi connectivity index (χ4n) is 3.74. The lowest BCUT2D eigenvalue weighted by molar-refractivity contribution is -0.602. The molecular weight excluding hydrogens is 378 g/mol. The quantitative estimate of drug-likeness (QED) is 0.639. The molecule has 8 nitrogen and oxygen atoms in total. The maximum Gasteiger partial charge on any atom is 0.308 e. The summed E-state index contributed by atoms with van der Waals surface area (Å²) in [7, 11) is 0. The molecular formula is C22H22N7O+. The lowest BCUT2D eigenvalue weighted by atomic mass is 10.1. The summed E-state index contributed by atoms with van der Waals surface area (Å²) in [4.78, 5) is 22.1. The van der Waals surface area contributed by atoms with Gasteiger partial charge < -0.3 is 5.32 Å². The summed E-state index contributed by atoms with van der Waals surface area (Å²) >= 11 is 0. The average Bonchev–Trinajstić information content (AvgIpc) is 3.42. The molecule has 30 heavy (non-hydrogen) atoms. The summed E-state index contributed by atoms with van der Waals surface area (Å²) < 4.78 is 1.94. The molecule has 5 rings (SSSR count). The Labute approximate surface area is 173 Å². The molecule has 0 aliphatic carbocycles. The number of nitrogens with two attached hydrogens (primary N) is 1. The fourth-order valence-corrected chi connectivity index (χ4v) is 3.74. The zero-order chi connectivity index (χ0) is 20.5. The summed E-state index contributed by atoms with van der Waals surface area (Å²) in [5, 5.41) is 11.9. The van der Waals surface area contributed by atoms with Gasteiger partial charge in [-0.1, -0.05) is 41.5 Å². The molecule has 1 unspecified atom stereocenters. The van der Waals surface area contributed by atoms with Crippen molar-refractivity contribution in [2.24, 2.45) is 5.10 Å². The van der Waals surface area contributed by atoms with E-state index >= 15 is 0 Å². The van der Waals surface area contributed by atoms with Crippen molar-refractivity contribution >= 4 is 17.7 Å². The van der Waals surface area contributed by atoms with Crippen LogP contribution in [0.2, 0.25) is 0 Å². The summed E-state index contributed by atoms with van der Waals surface area (Å²) in [6.07, 6.45) is 4.94. The van der Waals surface area contributed by atoms with Crippen molar-refractivity contribution in [3.8, 4) is 11.4 Å². The van der Waals surface area contributed by atoms with E-state index in [1.807, 2.05) is 54.1 Å². The van der Waals surface area contributed by atoms with Gasteiger partial charge in [0.15, 0.2) is 5.82 Å². The molecule has 2 aromatic heterocycles. The minimum Gasteiger partial charge on any atom is -0.344 e. The van der Waals surface area contributed by atoms with Crippen molar-refractivity contribution in [3.05, 3.63) is 71.4 Å². The average molecular weight is 400 g/mol. The van der Waals surface area contributed by atoms with Gasteiger partial charge in [-0.05, 0) is 25.0 Å². The van der Waals surface area contributed by atoms with Gasteiger partial charge >= 0.3 is 5.91 Å². The Morgan fingerprint density at radius 1 is 1.20 bits per heavy atom. The summed E-state index contributed by atoms with van der Waals surface area (Å²) in [5.74, 6) is 1.49. The second kappa shape index (κ2) is 7.64. The van der Waals surface area contributed by atoms with Gasteiger partial charge in [0.25, 0.3) is 0 Å². The Hall–Kier alpha value is -3.65. The smallest absolute Gasteiger partial charge is 0.308 e. The van der Waals surface area contributed by atoms with E-state index in [0.29, 0.717) is 12.1 Å². The van der Waals surface area contributed by atoms with Gasteiger partial charge in [0.05, 0.1) is 17.5 Å². The molecule has 3 aromatic rings. The number of aryl methyl sites for hydroxylation is 2. The monoisotopic (exact) mass is 400 g/mol. The lowest BCUT2D eigenvalue weighted by Crippen LogP contribution is -2.77. The van der Waals surface area contributed by atoms with Gasteiger partial charge in [0, 0.05) is 30.8 Å². The highest BCUT2D eigenvalue weighted by Crippen LogP contribution is 2.20. The number of aromatic nitrogens is 4. The minimum atomic E-state index is -0.133. The van der Waals surface area contributed by atoms with Gasteiger partial charge in [0.2, 0.25) is 5.70 Å². The fraction of sp³-hybridized carbons (Fsp3) is 0.227. The van der Waals surface area contributed by atoms with E-state index in [-0.39, 0.29) is 11.9 Å². The number of benzene rings is 1. The first kappa shape index (κ1) is 18.4. The van der Waals surface area contributed by atoms with Crippen LogP contribution in [0, 0.1) is 6.92 Å². The van der Waals surface area contributed by atoms with Crippen LogP contribution in [0.1, 0.15) is 23.5 Å². The molecule has 0 fully saturated rings. The predicted molar refractivity (Wildman–Crippen MR) is 112 cm³/mol. The van der Waals surface area contributed by atoms with E-state index in [1.165, 1.54) is 0 Å². The topological polar surface area (TPSA) is 102 Å². The number of pyridine rings is 1. The number of amides is 1. The second-order valence-corrected chi connectivity index (χ2v) is 7.56. The number of nitrogens with one attached hydrogen (secondary N) is 1. The minimum absolute atomic E-state index is 0.00607. The van der Waals surface area contributed by atoms with E-state index < -0.39 is 0 Å². The standard InChI is InChI=1S/C22H21N7O/c1-14-7-8-18(23-12-14)17-13-24-27-20(17)22(30)25-16-9-10-29-19(11-16)26-21(28-29)15-5-3-2-4-6-15/h2-8,12-13,16H,9-11H2,1H3,(H,24,27)(H,25,30)/p+1. The van der Waals surface area contributed by atoms with Crippen LogP contribution < -0.4 is 10.7 Å². The third kappa shape index (κ3) is 3.53. The zero-order valence-electron chi connectivity index (χ0n) is 16.6. The maximum absolute atomic E-state index is 13.0. The molecule has 2 aliphatic rings. The van der Waals surface area contributed by atoms with Crippen molar-refractivity contribution in [2.45, 2.75) is 32.4 Å². The maximum atomic E-state index is 13.0. The van der Waals surface area contributed by atoms with E-state index in [0.717, 1.165) is 47.0 Å². The third-order valence-corrected chi connectivity index (χ3v) is 5.36. The predicted octanol–water partition coefficient (Wildman–Crippen LogP) is 1.05. The van der Waals surface area contributed by atoms with Crippen LogP contribution in [0.4, 0.5) is 0 Å². The van der Waals surface area contributed by atoms with Crippen LogP contribution >= 0.6 is 0 Å². The molecule has 1 amide bonds. The highest BCUT2D eigenvalue weighted by molar-refractivity contribution is 6.17. The molecule has 1 aromatic carbocycles. The molecule has 0 saturated heterocycles. The molecule has 3 N–H and O–H groups in total. The number of fused-ring (bicyclic) bond motifs is 1. The van der Waals surface area contributed by atoms with Crippen LogP contribution in [0.15, 0.2) is 59.5 Å². The number of quaternary nitrogens is 1. The second-order valence-electron chi connectivity index (χ2n) is 7.56. The van der Waals surface area contributed by atoms with Gasteiger partial charge in [0.1, 0.15) is 5.82 Å². The molecule has 2 aliphatic heterocycles. The van der Waals surface area contributed by atoms with E-state index in [9.17, 15) is 4.79 Å². The van der Waals surface area contributed by atoms with Crippen molar-refractivity contribution in [3.63, 3.8) is 0 Å². The van der Waals surface area contributed by atoms with Crippen molar-refractivity contribution in [1.29, 1.82) is 0 Å². The molecule has 1 atom stereocenters. The Kier molecular flexibility index (Phi) is 4.68. The van der Waals surface area contributed by atoms with E-state index in [4.69, 9.17) is 4.98 Å². The summed E-state index contributed by atoms with van der Waals surface area (Å²) in [6, 6.07) is 13.8. The normalized spacial score (nSPS) is 17.8. The molecule has 0 bridgehead atoms. The van der Waals surface area contributed by atoms with E-state index in [2.05, 4.69) is 20.5 Å². The Balaban J connectivity index is 1.31. The first-order valence-corrected chi connectivity index (χ1v) is 10.0. The summed E-state index contributed by atoms with van der Waals surface area (Å²) in [5.41, 5.74) is 5.72. The number of hydrogen-bond donors (Lipinski definition) is 2. The number of carbonyl (C=O) groups excluding carboxylic acids is 1. The van der Waals surface area contributed by atoms with Crippen molar-refractivity contribution in [2.75, 3.05) is 0 Å². The number of rotatable bonds is 4. The first-order chi connectivity index (χ1) is 14.7. The van der Waals surface area contributed by atoms with Crippen molar-refractivity contribution in [1.82, 2.24) is 25.1 Å². The zero-order valence-corrected chi connectivity index (χ0v) is 16.6. The number of hydrogen-bond acceptors (Lipinski definition) is 5. The Morgan fingerprint density at radius 2 is 2.07 bits per heavy atom. The first-order valence-electron chi connectivity index (χ1n) is 10.0. The molecule has 8 heteroatoms. The van der Waals surface area contributed by atoms with Crippen LogP contribution in [-0.2, 0) is 17.8 Å². The highest BCUT2D eigenvalue weighted by Gasteiger charge is 2.29. The third-order valence-electron chi connectivity index (χ3n) is 5.36. The number of allylic oxidation sites excluding steroid dienone is 1. The molecule has 150 valence electrons. The number of nitrogens with zero attached hydrogens (tertiary/aromatic N) is 5. The van der Waals surface area contributed by atoms with Crippen LogP contribution in [0.3, 0.4) is 0 Å². The lowest BCUT2D eigenvalue weighted by Gasteiger charge is -2.22. The Bertz CT molecular complexity index is 1150. The Morgan fingerprint density at radius 3 is 2.87 bits per heavy atom. The number of carbonyl (C=O) groups is 1. The summed E-state index contributed by atoms with van der Waals surface area (Å²) in [6.45, 7) is 2.71. The van der Waals surface area contributed by atoms with Gasteiger partial charge in [-0.15, -0.1) is 0 Å². The van der Waals surface area contributed by atoms with Gasteiger partial charge in [-0.2, -0.15) is 10.5 Å². The van der Waals surface area contributed by atoms with Gasteiger partial charge in [-0.25, -0.2) is 9.67 Å².